The Morgan fingerprint density at radius 2 is 0.951 bits per heavy atom. The van der Waals surface area contributed by atoms with Crippen LogP contribution in [0.2, 0.25) is 0 Å². The summed E-state index contributed by atoms with van der Waals surface area (Å²) in [5.41, 5.74) is 0. The third kappa shape index (κ3) is 48.8. The van der Waals surface area contributed by atoms with Gasteiger partial charge in [0.05, 0.1) is 34.4 Å². The van der Waals surface area contributed by atoms with Crippen molar-refractivity contribution < 1.29 is 37.3 Å². The van der Waals surface area contributed by atoms with Crippen molar-refractivity contribution in [1.29, 1.82) is 0 Å². The van der Waals surface area contributed by atoms with E-state index in [9.17, 15) is 14.3 Å². The fourth-order valence-corrected chi connectivity index (χ4v) is 7.20. The van der Waals surface area contributed by atoms with Crippen LogP contribution in [0.4, 0.5) is 0 Å². The number of allylic oxidation sites excluding steroid dienone is 12. The lowest BCUT2D eigenvalue weighted by Gasteiger charge is -2.24. The molecule has 9 heteroatoms. The van der Waals surface area contributed by atoms with E-state index < -0.39 is 13.9 Å². The summed E-state index contributed by atoms with van der Waals surface area (Å²) in [5, 5.41) is 0. The minimum absolute atomic E-state index is 0.0785. The second-order valence-corrected chi connectivity index (χ2v) is 18.9. The van der Waals surface area contributed by atoms with Gasteiger partial charge in [-0.15, -0.1) is 0 Å². The van der Waals surface area contributed by atoms with E-state index in [0.29, 0.717) is 24.1 Å². The van der Waals surface area contributed by atoms with Gasteiger partial charge >= 0.3 is 13.8 Å². The average molecular weight is 877 g/mol. The summed E-state index contributed by atoms with van der Waals surface area (Å²) in [7, 11) is 1.64. The number of unbranched alkanes of at least 4 members (excludes halogenated alkanes) is 19. The maximum atomic E-state index is 12.7. The van der Waals surface area contributed by atoms with Crippen LogP contribution >= 0.6 is 7.82 Å². The van der Waals surface area contributed by atoms with E-state index in [2.05, 4.69) is 86.8 Å². The van der Waals surface area contributed by atoms with Gasteiger partial charge in [-0.1, -0.05) is 177 Å². The number of esters is 1. The van der Waals surface area contributed by atoms with Crippen molar-refractivity contribution in [2.45, 2.75) is 200 Å². The number of carbonyl (C=O) groups excluding carboxylic acids is 1. The van der Waals surface area contributed by atoms with Gasteiger partial charge in [0.1, 0.15) is 19.3 Å². The molecule has 0 heterocycles. The van der Waals surface area contributed by atoms with Crippen molar-refractivity contribution in [3.63, 3.8) is 0 Å². The molecule has 0 fully saturated rings. The van der Waals surface area contributed by atoms with Gasteiger partial charge in [0, 0.05) is 13.0 Å². The average Bonchev–Trinajstić information content (AvgIpc) is 3.22. The molecular weight excluding hydrogens is 782 g/mol. The van der Waals surface area contributed by atoms with Gasteiger partial charge in [-0.3, -0.25) is 13.8 Å². The Bertz CT molecular complexity index is 1200. The van der Waals surface area contributed by atoms with Crippen molar-refractivity contribution in [1.82, 2.24) is 0 Å². The lowest BCUT2D eigenvalue weighted by Crippen LogP contribution is -2.37. The fourth-order valence-electron chi connectivity index (χ4n) is 6.46. The van der Waals surface area contributed by atoms with Gasteiger partial charge in [0.2, 0.25) is 0 Å². The van der Waals surface area contributed by atoms with E-state index in [1.54, 1.807) is 0 Å². The SMILES string of the molecule is CC/C=C\C/C=C\C/C=C\C/C=C\CCCCCOCC(COP(=O)(O)OCC[N+](C)(C)C)OC(=O)CCCCCCCCCCCCC/C=C\C/C=C\CCCCCCC. The third-order valence-corrected chi connectivity index (χ3v) is 11.2. The van der Waals surface area contributed by atoms with Gasteiger partial charge in [-0.05, 0) is 83.5 Å². The van der Waals surface area contributed by atoms with Crippen LogP contribution in [-0.2, 0) is 27.9 Å². The van der Waals surface area contributed by atoms with E-state index in [4.69, 9.17) is 18.5 Å². The van der Waals surface area contributed by atoms with Crippen LogP contribution in [0.3, 0.4) is 0 Å². The molecule has 0 aliphatic carbocycles. The predicted octanol–water partition coefficient (Wildman–Crippen LogP) is 15.1. The largest absolute Gasteiger partial charge is 0.472 e. The molecule has 0 rings (SSSR count). The molecule has 0 spiro atoms. The normalized spacial score (nSPS) is 14.3. The summed E-state index contributed by atoms with van der Waals surface area (Å²) < 4.78 is 35.1. The summed E-state index contributed by atoms with van der Waals surface area (Å²) in [6, 6.07) is 0. The van der Waals surface area contributed by atoms with Crippen molar-refractivity contribution in [2.75, 3.05) is 54.1 Å². The minimum Gasteiger partial charge on any atom is -0.457 e. The number of quaternary nitrogens is 1. The second-order valence-electron chi connectivity index (χ2n) is 17.5. The molecule has 0 aliphatic rings. The third-order valence-electron chi connectivity index (χ3n) is 10.3. The van der Waals surface area contributed by atoms with Crippen LogP contribution in [0.25, 0.3) is 0 Å². The highest BCUT2D eigenvalue weighted by molar-refractivity contribution is 7.47. The lowest BCUT2D eigenvalue weighted by molar-refractivity contribution is -0.870. The number of phosphoric ester groups is 1. The number of rotatable bonds is 45. The summed E-state index contributed by atoms with van der Waals surface area (Å²) in [4.78, 5) is 23.0. The number of hydrogen-bond acceptors (Lipinski definition) is 6. The van der Waals surface area contributed by atoms with E-state index in [1.165, 1.54) is 96.3 Å². The standard InChI is InChI=1S/C52H94NO7P/c1-6-8-10-12-14-16-18-20-22-24-25-26-27-28-29-30-31-33-35-37-39-41-43-45-52(54)60-51(50-59-61(55,56)58-48-46-53(3,4)5)49-57-47-44-42-40-38-36-34-32-23-21-19-17-15-13-11-9-7-2/h9,11,15,17-18,20-21,23-25,34,36,51H,6-8,10,12-14,16,19,22,26-33,35,37-50H2,1-5H3/p+1/b11-9-,17-15-,20-18-,23-21-,25-24-,36-34-. The monoisotopic (exact) mass is 877 g/mol. The van der Waals surface area contributed by atoms with Gasteiger partial charge in [-0.2, -0.15) is 0 Å². The van der Waals surface area contributed by atoms with E-state index in [0.717, 1.165) is 77.0 Å². The second kappa shape index (κ2) is 44.5. The Morgan fingerprint density at radius 3 is 1.43 bits per heavy atom. The molecule has 2 atom stereocenters. The maximum absolute atomic E-state index is 12.7. The summed E-state index contributed by atoms with van der Waals surface area (Å²) >= 11 is 0. The smallest absolute Gasteiger partial charge is 0.457 e. The molecule has 0 saturated carbocycles. The highest BCUT2D eigenvalue weighted by Crippen LogP contribution is 2.43. The van der Waals surface area contributed by atoms with Crippen LogP contribution in [0.5, 0.6) is 0 Å². The number of likely N-dealkylation sites (N-methyl/N-ethyl adjacent to an activating group) is 1. The highest BCUT2D eigenvalue weighted by atomic mass is 31.2. The number of nitrogens with zero attached hydrogens (tertiary/aromatic N) is 1. The zero-order valence-corrected chi connectivity index (χ0v) is 41.0. The van der Waals surface area contributed by atoms with Crippen LogP contribution < -0.4 is 0 Å². The predicted molar refractivity (Wildman–Crippen MR) is 261 cm³/mol. The van der Waals surface area contributed by atoms with Crippen molar-refractivity contribution in [2.24, 2.45) is 0 Å². The number of hydrogen-bond donors (Lipinski definition) is 1. The van der Waals surface area contributed by atoms with Crippen molar-refractivity contribution >= 4 is 13.8 Å². The summed E-state index contributed by atoms with van der Waals surface area (Å²) in [6.45, 7) is 5.41. The van der Waals surface area contributed by atoms with Crippen LogP contribution in [-0.4, -0.2) is 75.6 Å². The van der Waals surface area contributed by atoms with E-state index in [1.807, 2.05) is 21.1 Å². The Labute approximate surface area is 376 Å². The quantitative estimate of drug-likeness (QED) is 0.0214. The fraction of sp³-hybridized carbons (Fsp3) is 0.750. The molecule has 0 radical (unpaired) electrons. The Morgan fingerprint density at radius 1 is 0.525 bits per heavy atom. The summed E-state index contributed by atoms with van der Waals surface area (Å²) in [5.74, 6) is -0.329. The summed E-state index contributed by atoms with van der Waals surface area (Å²) in [6.07, 6.45) is 58.1. The molecule has 0 saturated heterocycles. The van der Waals surface area contributed by atoms with Crippen molar-refractivity contribution in [3.8, 4) is 0 Å². The molecule has 0 bridgehead atoms. The minimum atomic E-state index is -4.29. The molecule has 1 N–H and O–H groups in total. The van der Waals surface area contributed by atoms with E-state index in [-0.39, 0.29) is 25.8 Å². The highest BCUT2D eigenvalue weighted by Gasteiger charge is 2.26. The number of ether oxygens (including phenoxy) is 2. The van der Waals surface area contributed by atoms with Crippen LogP contribution in [0, 0.1) is 0 Å². The Balaban J connectivity index is 4.20. The molecule has 0 aromatic rings. The topological polar surface area (TPSA) is 91.3 Å². The first kappa shape index (κ1) is 58.9. The molecule has 0 aliphatic heterocycles. The first-order valence-electron chi connectivity index (χ1n) is 24.7. The van der Waals surface area contributed by atoms with Gasteiger partial charge in [-0.25, -0.2) is 4.57 Å². The van der Waals surface area contributed by atoms with E-state index >= 15 is 0 Å². The molecule has 8 nitrogen and oxygen atoms in total. The first-order valence-corrected chi connectivity index (χ1v) is 26.2. The van der Waals surface area contributed by atoms with Crippen molar-refractivity contribution in [3.05, 3.63) is 72.9 Å². The zero-order chi connectivity index (χ0) is 44.8. The number of carbonyl (C=O) groups is 1. The van der Waals surface area contributed by atoms with Gasteiger partial charge in [0.25, 0.3) is 0 Å². The van der Waals surface area contributed by atoms with Gasteiger partial charge in [0.15, 0.2) is 0 Å². The lowest BCUT2D eigenvalue weighted by atomic mass is 10.0. The molecular formula is C52H95NO7P+. The van der Waals surface area contributed by atoms with Gasteiger partial charge < -0.3 is 18.9 Å². The first-order chi connectivity index (χ1) is 29.6. The molecule has 61 heavy (non-hydrogen) atoms. The molecule has 2 unspecified atom stereocenters. The Hall–Kier alpha value is -2.06. The number of phosphoric acid groups is 1. The van der Waals surface area contributed by atoms with Crippen LogP contribution in [0.1, 0.15) is 194 Å². The van der Waals surface area contributed by atoms with Crippen LogP contribution in [0.15, 0.2) is 72.9 Å². The molecule has 354 valence electrons. The molecule has 0 amide bonds. The Kier molecular flexibility index (Phi) is 43.0. The molecule has 0 aromatic carbocycles. The zero-order valence-electron chi connectivity index (χ0n) is 40.1. The maximum Gasteiger partial charge on any atom is 0.472 e. The molecule has 0 aromatic heterocycles.